The Bertz CT molecular complexity index is 958. The highest BCUT2D eigenvalue weighted by Crippen LogP contribution is 2.29. The number of rotatable bonds is 6. The topological polar surface area (TPSA) is 84.9 Å². The summed E-state index contributed by atoms with van der Waals surface area (Å²) in [4.78, 5) is 12.3. The normalized spacial score (nSPS) is 12.0. The third-order valence-corrected chi connectivity index (χ3v) is 5.36. The second kappa shape index (κ2) is 8.07. The minimum atomic E-state index is -4.84. The smallest absolute Gasteiger partial charge is 0.495 e. The lowest BCUT2D eigenvalue weighted by Crippen LogP contribution is -2.22. The van der Waals surface area contributed by atoms with E-state index in [9.17, 15) is 26.4 Å². The van der Waals surface area contributed by atoms with Crippen LogP contribution in [0.15, 0.2) is 47.4 Å². The van der Waals surface area contributed by atoms with Crippen molar-refractivity contribution in [2.75, 3.05) is 26.5 Å². The van der Waals surface area contributed by atoms with Crippen molar-refractivity contribution in [2.24, 2.45) is 0 Å². The number of methoxy groups -OCH3 is 1. The zero-order chi connectivity index (χ0) is 21.1. The highest BCUT2D eigenvalue weighted by atomic mass is 32.2. The molecule has 0 saturated carbocycles. The molecule has 0 aliphatic carbocycles. The van der Waals surface area contributed by atoms with Gasteiger partial charge in [0.1, 0.15) is 11.5 Å². The maximum Gasteiger partial charge on any atom is 0.573 e. The minimum absolute atomic E-state index is 0.0393. The van der Waals surface area contributed by atoms with E-state index < -0.39 is 28.0 Å². The Morgan fingerprint density at radius 1 is 1.07 bits per heavy atom. The van der Waals surface area contributed by atoms with Gasteiger partial charge in [-0.05, 0) is 42.5 Å². The molecule has 2 aromatic rings. The van der Waals surface area contributed by atoms with E-state index in [0.717, 1.165) is 28.6 Å². The van der Waals surface area contributed by atoms with Gasteiger partial charge in [-0.2, -0.15) is 0 Å². The van der Waals surface area contributed by atoms with Crippen LogP contribution in [0.5, 0.6) is 11.5 Å². The molecule has 0 radical (unpaired) electrons. The van der Waals surface area contributed by atoms with Gasteiger partial charge in [0, 0.05) is 19.7 Å². The predicted molar refractivity (Wildman–Crippen MR) is 94.9 cm³/mol. The summed E-state index contributed by atoms with van der Waals surface area (Å²) >= 11 is 0. The molecule has 0 unspecified atom stereocenters. The van der Waals surface area contributed by atoms with Crippen LogP contribution in [0.25, 0.3) is 0 Å². The molecular weight excluding hydrogens is 401 g/mol. The summed E-state index contributed by atoms with van der Waals surface area (Å²) in [5.74, 6) is -0.931. The fourth-order valence-corrected chi connectivity index (χ4v) is 3.09. The molecule has 0 heterocycles. The van der Waals surface area contributed by atoms with Crippen molar-refractivity contribution in [2.45, 2.75) is 11.3 Å². The van der Waals surface area contributed by atoms with Gasteiger partial charge in [-0.25, -0.2) is 12.7 Å². The Morgan fingerprint density at radius 2 is 1.68 bits per heavy atom. The lowest BCUT2D eigenvalue weighted by atomic mass is 10.2. The molecule has 11 heteroatoms. The lowest BCUT2D eigenvalue weighted by molar-refractivity contribution is -0.274. The molecule has 0 saturated heterocycles. The third kappa shape index (κ3) is 5.14. The molecule has 1 N–H and O–H groups in total. The van der Waals surface area contributed by atoms with Gasteiger partial charge in [0.2, 0.25) is 10.0 Å². The van der Waals surface area contributed by atoms with Crippen LogP contribution in [-0.4, -0.2) is 46.2 Å². The van der Waals surface area contributed by atoms with Crippen LogP contribution < -0.4 is 14.8 Å². The monoisotopic (exact) mass is 418 g/mol. The van der Waals surface area contributed by atoms with Crippen molar-refractivity contribution in [3.63, 3.8) is 0 Å². The fourth-order valence-electron chi connectivity index (χ4n) is 2.16. The summed E-state index contributed by atoms with van der Waals surface area (Å²) in [5.41, 5.74) is 0.128. The number of hydrogen-bond acceptors (Lipinski definition) is 5. The van der Waals surface area contributed by atoms with E-state index in [1.165, 1.54) is 39.4 Å². The number of sulfonamides is 1. The molecule has 28 heavy (non-hydrogen) atoms. The fraction of sp³-hybridized carbons (Fsp3) is 0.235. The number of anilines is 1. The Labute approximate surface area is 159 Å². The molecule has 2 aromatic carbocycles. The predicted octanol–water partition coefficient (Wildman–Crippen LogP) is 3.10. The molecule has 0 spiro atoms. The van der Waals surface area contributed by atoms with Gasteiger partial charge < -0.3 is 14.8 Å². The van der Waals surface area contributed by atoms with Gasteiger partial charge in [0.05, 0.1) is 17.7 Å². The number of amides is 1. The summed E-state index contributed by atoms with van der Waals surface area (Å²) in [6, 6.07) is 8.21. The number of ether oxygens (including phenoxy) is 2. The molecule has 2 rings (SSSR count). The van der Waals surface area contributed by atoms with Gasteiger partial charge in [-0.3, -0.25) is 4.79 Å². The largest absolute Gasteiger partial charge is 0.573 e. The number of nitrogens with zero attached hydrogens (tertiary/aromatic N) is 1. The Hall–Kier alpha value is -2.79. The SMILES string of the molecule is COc1ccc(S(=O)(=O)N(C)C)cc1NC(=O)c1ccc(OC(F)(F)F)cc1. The van der Waals surface area contributed by atoms with Crippen LogP contribution in [0.2, 0.25) is 0 Å². The number of halogens is 3. The van der Waals surface area contributed by atoms with Gasteiger partial charge in [0.25, 0.3) is 5.91 Å². The van der Waals surface area contributed by atoms with Crippen molar-refractivity contribution in [1.29, 1.82) is 0 Å². The number of carbonyl (C=O) groups is 1. The van der Waals surface area contributed by atoms with Crippen LogP contribution in [0.4, 0.5) is 18.9 Å². The summed E-state index contributed by atoms with van der Waals surface area (Å²) < 4.78 is 71.0. The molecule has 0 aliphatic heterocycles. The number of nitrogens with one attached hydrogen (secondary N) is 1. The van der Waals surface area contributed by atoms with Crippen molar-refractivity contribution in [3.05, 3.63) is 48.0 Å². The first-order chi connectivity index (χ1) is 12.9. The molecule has 152 valence electrons. The maximum absolute atomic E-state index is 12.4. The van der Waals surface area contributed by atoms with Gasteiger partial charge >= 0.3 is 6.36 Å². The van der Waals surface area contributed by atoms with Crippen LogP contribution in [0.3, 0.4) is 0 Å². The Morgan fingerprint density at radius 3 is 2.18 bits per heavy atom. The van der Waals surface area contributed by atoms with Crippen LogP contribution in [0, 0.1) is 0 Å². The second-order valence-corrected chi connectivity index (χ2v) is 7.83. The molecule has 0 aliphatic rings. The Kier molecular flexibility index (Phi) is 6.20. The minimum Gasteiger partial charge on any atom is -0.495 e. The van der Waals surface area contributed by atoms with Gasteiger partial charge in [0.15, 0.2) is 0 Å². The number of carbonyl (C=O) groups excluding carboxylic acids is 1. The molecule has 1 amide bonds. The van der Waals surface area contributed by atoms with Crippen LogP contribution in [-0.2, 0) is 10.0 Å². The summed E-state index contributed by atoms with van der Waals surface area (Å²) in [7, 11) is 0.324. The summed E-state index contributed by atoms with van der Waals surface area (Å²) in [5, 5.41) is 2.49. The number of alkyl halides is 3. The van der Waals surface area contributed by atoms with E-state index in [-0.39, 0.29) is 21.9 Å². The van der Waals surface area contributed by atoms with E-state index in [2.05, 4.69) is 10.1 Å². The maximum atomic E-state index is 12.4. The van der Waals surface area contributed by atoms with Crippen LogP contribution in [0.1, 0.15) is 10.4 Å². The molecule has 0 bridgehead atoms. The van der Waals surface area contributed by atoms with E-state index in [0.29, 0.717) is 0 Å². The first-order valence-electron chi connectivity index (χ1n) is 7.72. The highest BCUT2D eigenvalue weighted by molar-refractivity contribution is 7.89. The quantitative estimate of drug-likeness (QED) is 0.779. The van der Waals surface area contributed by atoms with Gasteiger partial charge in [-0.1, -0.05) is 0 Å². The molecule has 0 aromatic heterocycles. The average Bonchev–Trinajstić information content (AvgIpc) is 2.60. The van der Waals surface area contributed by atoms with E-state index in [4.69, 9.17) is 4.74 Å². The average molecular weight is 418 g/mol. The van der Waals surface area contributed by atoms with Crippen molar-refractivity contribution < 1.29 is 35.9 Å². The highest BCUT2D eigenvalue weighted by Gasteiger charge is 2.31. The van der Waals surface area contributed by atoms with Crippen LogP contribution >= 0.6 is 0 Å². The zero-order valence-electron chi connectivity index (χ0n) is 15.1. The van der Waals surface area contributed by atoms with E-state index >= 15 is 0 Å². The lowest BCUT2D eigenvalue weighted by Gasteiger charge is -2.15. The van der Waals surface area contributed by atoms with Crippen molar-refractivity contribution >= 4 is 21.6 Å². The first-order valence-corrected chi connectivity index (χ1v) is 9.16. The molecular formula is C17H17F3N2O5S. The molecule has 0 atom stereocenters. The Balaban J connectivity index is 2.28. The molecule has 0 fully saturated rings. The van der Waals surface area contributed by atoms with Crippen molar-refractivity contribution in [3.8, 4) is 11.5 Å². The third-order valence-electron chi connectivity index (χ3n) is 3.55. The summed E-state index contributed by atoms with van der Waals surface area (Å²) in [6.45, 7) is 0. The van der Waals surface area contributed by atoms with E-state index in [1.54, 1.807) is 0 Å². The zero-order valence-corrected chi connectivity index (χ0v) is 15.9. The van der Waals surface area contributed by atoms with Crippen molar-refractivity contribution in [1.82, 2.24) is 4.31 Å². The van der Waals surface area contributed by atoms with Gasteiger partial charge in [-0.15, -0.1) is 13.2 Å². The number of benzene rings is 2. The summed E-state index contributed by atoms with van der Waals surface area (Å²) in [6.07, 6.45) is -4.84. The van der Waals surface area contributed by atoms with E-state index in [1.807, 2.05) is 0 Å². The molecule has 7 nitrogen and oxygen atoms in total. The first kappa shape index (κ1) is 21.5. The number of hydrogen-bond donors (Lipinski definition) is 1. The second-order valence-electron chi connectivity index (χ2n) is 5.68. The standard InChI is InChI=1S/C17H17F3N2O5S/c1-22(2)28(24,25)13-8-9-15(26-3)14(10-13)21-16(23)11-4-6-12(7-5-11)27-17(18,19)20/h4-10H,1-3H3,(H,21,23).